The third-order valence-corrected chi connectivity index (χ3v) is 3.72. The number of carbonyl (C=O) groups excluding carboxylic acids is 1. The minimum absolute atomic E-state index is 0.0322. The second kappa shape index (κ2) is 6.62. The first-order chi connectivity index (χ1) is 11.1. The molecule has 2 heterocycles. The molecular weight excluding hydrogens is 314 g/mol. The highest BCUT2D eigenvalue weighted by Gasteiger charge is 2.12. The van der Waals surface area contributed by atoms with Gasteiger partial charge in [-0.05, 0) is 36.2 Å². The minimum atomic E-state index is -0.422. The number of hydrogen-bond acceptors (Lipinski definition) is 3. The summed E-state index contributed by atoms with van der Waals surface area (Å²) in [4.78, 5) is 28.6. The van der Waals surface area contributed by atoms with Gasteiger partial charge in [0.1, 0.15) is 11.2 Å². The van der Waals surface area contributed by atoms with Gasteiger partial charge in [-0.25, -0.2) is 4.98 Å². The molecule has 0 spiro atoms. The second-order valence-electron chi connectivity index (χ2n) is 5.04. The van der Waals surface area contributed by atoms with Crippen molar-refractivity contribution in [1.29, 1.82) is 0 Å². The van der Waals surface area contributed by atoms with E-state index in [1.807, 2.05) is 12.1 Å². The summed E-state index contributed by atoms with van der Waals surface area (Å²) in [6.07, 6.45) is 3.57. The summed E-state index contributed by atoms with van der Waals surface area (Å²) in [5.74, 6) is -0.422. The molecule has 2 aromatic heterocycles. The molecule has 0 fully saturated rings. The molecule has 5 nitrogen and oxygen atoms in total. The van der Waals surface area contributed by atoms with Crippen molar-refractivity contribution in [2.75, 3.05) is 6.54 Å². The minimum Gasteiger partial charge on any atom is -0.351 e. The monoisotopic (exact) mass is 327 g/mol. The molecular formula is C17H14ClN3O2. The quantitative estimate of drug-likeness (QED) is 0.800. The highest BCUT2D eigenvalue weighted by molar-refractivity contribution is 6.30. The number of carbonyl (C=O) groups is 1. The fourth-order valence-electron chi connectivity index (χ4n) is 2.25. The van der Waals surface area contributed by atoms with Crippen LogP contribution in [0.5, 0.6) is 0 Å². The Morgan fingerprint density at radius 1 is 1.17 bits per heavy atom. The molecule has 3 rings (SSSR count). The van der Waals surface area contributed by atoms with Crippen molar-refractivity contribution in [2.24, 2.45) is 0 Å². The van der Waals surface area contributed by atoms with Gasteiger partial charge in [-0.15, -0.1) is 0 Å². The summed E-state index contributed by atoms with van der Waals surface area (Å²) in [6.45, 7) is 0.428. The van der Waals surface area contributed by atoms with Gasteiger partial charge in [0.25, 0.3) is 11.5 Å². The van der Waals surface area contributed by atoms with E-state index >= 15 is 0 Å². The van der Waals surface area contributed by atoms with Gasteiger partial charge in [-0.2, -0.15) is 0 Å². The predicted molar refractivity (Wildman–Crippen MR) is 89.0 cm³/mol. The van der Waals surface area contributed by atoms with Crippen LogP contribution in [0.4, 0.5) is 0 Å². The zero-order valence-corrected chi connectivity index (χ0v) is 13.0. The molecule has 23 heavy (non-hydrogen) atoms. The summed E-state index contributed by atoms with van der Waals surface area (Å²) in [5.41, 5.74) is 1.22. The maximum Gasteiger partial charge on any atom is 0.270 e. The number of pyridine rings is 1. The van der Waals surface area contributed by atoms with Crippen LogP contribution in [0.3, 0.4) is 0 Å². The van der Waals surface area contributed by atoms with Gasteiger partial charge in [0.2, 0.25) is 0 Å². The zero-order valence-electron chi connectivity index (χ0n) is 12.2. The molecule has 1 N–H and O–H groups in total. The lowest BCUT2D eigenvalue weighted by Crippen LogP contribution is -2.32. The summed E-state index contributed by atoms with van der Waals surface area (Å²) < 4.78 is 1.36. The number of halogens is 1. The molecule has 0 unspecified atom stereocenters. The van der Waals surface area contributed by atoms with E-state index in [0.29, 0.717) is 23.6 Å². The van der Waals surface area contributed by atoms with Crippen LogP contribution in [0, 0.1) is 0 Å². The topological polar surface area (TPSA) is 63.5 Å². The number of amides is 1. The van der Waals surface area contributed by atoms with E-state index in [2.05, 4.69) is 10.3 Å². The van der Waals surface area contributed by atoms with Gasteiger partial charge in [-0.3, -0.25) is 14.0 Å². The van der Waals surface area contributed by atoms with E-state index in [-0.39, 0.29) is 11.1 Å². The van der Waals surface area contributed by atoms with Crippen LogP contribution in [0.15, 0.2) is 59.7 Å². The van der Waals surface area contributed by atoms with E-state index in [4.69, 9.17) is 11.6 Å². The fraction of sp³-hybridized carbons (Fsp3) is 0.118. The lowest BCUT2D eigenvalue weighted by Gasteiger charge is -2.06. The molecule has 0 saturated heterocycles. The molecule has 6 heteroatoms. The Kier molecular flexibility index (Phi) is 4.39. The maximum absolute atomic E-state index is 12.3. The van der Waals surface area contributed by atoms with Crippen LogP contribution >= 0.6 is 11.6 Å². The zero-order chi connectivity index (χ0) is 16.2. The molecule has 0 radical (unpaired) electrons. The maximum atomic E-state index is 12.3. The Hall–Kier alpha value is -2.66. The van der Waals surface area contributed by atoms with E-state index in [1.165, 1.54) is 10.6 Å². The Balaban J connectivity index is 1.70. The van der Waals surface area contributed by atoms with Crippen molar-refractivity contribution in [3.05, 3.63) is 81.4 Å². The standard InChI is InChI=1S/C17H14ClN3O2/c18-13-6-4-12(5-7-13)8-9-19-16(22)14-11-20-15-3-1-2-10-21(15)17(14)23/h1-7,10-11H,8-9H2,(H,19,22). The van der Waals surface area contributed by atoms with Crippen molar-refractivity contribution in [3.63, 3.8) is 0 Å². The van der Waals surface area contributed by atoms with Crippen LogP contribution in [0.25, 0.3) is 5.65 Å². The van der Waals surface area contributed by atoms with Crippen molar-refractivity contribution in [1.82, 2.24) is 14.7 Å². The van der Waals surface area contributed by atoms with E-state index < -0.39 is 5.91 Å². The molecule has 3 aromatic rings. The number of fused-ring (bicyclic) bond motifs is 1. The number of nitrogens with one attached hydrogen (secondary N) is 1. The molecule has 0 aliphatic heterocycles. The highest BCUT2D eigenvalue weighted by Crippen LogP contribution is 2.09. The molecule has 1 aromatic carbocycles. The van der Waals surface area contributed by atoms with Gasteiger partial charge in [-0.1, -0.05) is 29.8 Å². The lowest BCUT2D eigenvalue weighted by atomic mass is 10.1. The van der Waals surface area contributed by atoms with Gasteiger partial charge in [0, 0.05) is 24.0 Å². The van der Waals surface area contributed by atoms with Crippen LogP contribution in [0.2, 0.25) is 5.02 Å². The number of hydrogen-bond donors (Lipinski definition) is 1. The van der Waals surface area contributed by atoms with Gasteiger partial charge in [0.05, 0.1) is 0 Å². The predicted octanol–water partition coefficient (Wildman–Crippen LogP) is 2.32. The SMILES string of the molecule is O=C(NCCc1ccc(Cl)cc1)c1cnc2ccccn2c1=O. The van der Waals surface area contributed by atoms with Crippen molar-refractivity contribution in [3.8, 4) is 0 Å². The number of rotatable bonds is 4. The van der Waals surface area contributed by atoms with Gasteiger partial charge >= 0.3 is 0 Å². The molecule has 1 amide bonds. The summed E-state index contributed by atoms with van der Waals surface area (Å²) in [6, 6.07) is 12.6. The number of benzene rings is 1. The van der Waals surface area contributed by atoms with Gasteiger partial charge < -0.3 is 5.32 Å². The Bertz CT molecular complexity index is 904. The van der Waals surface area contributed by atoms with Crippen molar-refractivity contribution in [2.45, 2.75) is 6.42 Å². The second-order valence-corrected chi connectivity index (χ2v) is 5.47. The molecule has 0 aliphatic carbocycles. The smallest absolute Gasteiger partial charge is 0.270 e. The van der Waals surface area contributed by atoms with E-state index in [0.717, 1.165) is 5.56 Å². The molecule has 116 valence electrons. The first-order valence-corrected chi connectivity index (χ1v) is 7.52. The molecule has 0 bridgehead atoms. The summed E-state index contributed by atoms with van der Waals surface area (Å²) in [5, 5.41) is 3.42. The van der Waals surface area contributed by atoms with Crippen LogP contribution in [-0.4, -0.2) is 21.8 Å². The third kappa shape index (κ3) is 3.40. The third-order valence-electron chi connectivity index (χ3n) is 3.47. The van der Waals surface area contributed by atoms with E-state index in [9.17, 15) is 9.59 Å². The summed E-state index contributed by atoms with van der Waals surface area (Å²) in [7, 11) is 0. The van der Waals surface area contributed by atoms with Crippen LogP contribution < -0.4 is 10.9 Å². The Morgan fingerprint density at radius 2 is 1.96 bits per heavy atom. The van der Waals surface area contributed by atoms with Crippen molar-refractivity contribution < 1.29 is 4.79 Å². The molecule has 0 aliphatic rings. The molecule has 0 atom stereocenters. The largest absolute Gasteiger partial charge is 0.351 e. The highest BCUT2D eigenvalue weighted by atomic mass is 35.5. The first kappa shape index (κ1) is 15.2. The van der Waals surface area contributed by atoms with Crippen molar-refractivity contribution >= 4 is 23.2 Å². The number of aromatic nitrogens is 2. The Labute approximate surface area is 137 Å². The fourth-order valence-corrected chi connectivity index (χ4v) is 2.38. The average Bonchev–Trinajstić information content (AvgIpc) is 2.57. The molecule has 0 saturated carbocycles. The van der Waals surface area contributed by atoms with Gasteiger partial charge in [0.15, 0.2) is 0 Å². The first-order valence-electron chi connectivity index (χ1n) is 7.14. The Morgan fingerprint density at radius 3 is 2.74 bits per heavy atom. The van der Waals surface area contributed by atoms with Crippen LogP contribution in [0.1, 0.15) is 15.9 Å². The van der Waals surface area contributed by atoms with E-state index in [1.54, 1.807) is 36.5 Å². The van der Waals surface area contributed by atoms with Crippen LogP contribution in [-0.2, 0) is 6.42 Å². The normalized spacial score (nSPS) is 10.7. The lowest BCUT2D eigenvalue weighted by molar-refractivity contribution is 0.0952. The summed E-state index contributed by atoms with van der Waals surface area (Å²) >= 11 is 5.83. The average molecular weight is 328 g/mol. The number of nitrogens with zero attached hydrogens (tertiary/aromatic N) is 2.